The molecule has 0 saturated carbocycles. The minimum absolute atomic E-state index is 0.276. The van der Waals surface area contributed by atoms with Crippen molar-refractivity contribution in [3.05, 3.63) is 59.9 Å². The van der Waals surface area contributed by atoms with Crippen LogP contribution in [0.1, 0.15) is 11.1 Å². The zero-order valence-corrected chi connectivity index (χ0v) is 12.5. The van der Waals surface area contributed by atoms with E-state index in [0.29, 0.717) is 19.5 Å². The molecule has 5 nitrogen and oxygen atoms in total. The number of nitrogens with zero attached hydrogens (tertiary/aromatic N) is 1. The van der Waals surface area contributed by atoms with Crippen molar-refractivity contribution in [3.8, 4) is 0 Å². The van der Waals surface area contributed by atoms with Gasteiger partial charge in [0.1, 0.15) is 0 Å². The fourth-order valence-corrected chi connectivity index (χ4v) is 3.00. The first kappa shape index (κ1) is 15.6. The molecule has 1 aromatic heterocycles. The van der Waals surface area contributed by atoms with E-state index >= 15 is 0 Å². The Morgan fingerprint density at radius 2 is 1.57 bits per heavy atom. The Hall–Kier alpha value is -1.76. The highest BCUT2D eigenvalue weighted by Gasteiger charge is 2.12. The minimum Gasteiger partial charge on any atom is -0.330 e. The summed E-state index contributed by atoms with van der Waals surface area (Å²) in [7, 11) is -3.46. The van der Waals surface area contributed by atoms with Crippen LogP contribution in [-0.4, -0.2) is 26.5 Å². The monoisotopic (exact) mass is 305 g/mol. The lowest BCUT2D eigenvalue weighted by Crippen LogP contribution is -2.26. The predicted octanol–water partition coefficient (Wildman–Crippen LogP) is 1.10. The van der Waals surface area contributed by atoms with Crippen LogP contribution < -0.4 is 10.5 Å². The number of pyridine rings is 1. The Labute approximate surface area is 125 Å². The summed E-state index contributed by atoms with van der Waals surface area (Å²) in [6, 6.07) is 10.6. The molecule has 2 aromatic rings. The number of sulfonamides is 1. The lowest BCUT2D eigenvalue weighted by molar-refractivity contribution is 0.581. The van der Waals surface area contributed by atoms with Crippen molar-refractivity contribution in [2.24, 2.45) is 5.73 Å². The van der Waals surface area contributed by atoms with Gasteiger partial charge >= 0.3 is 0 Å². The maximum Gasteiger partial charge on any atom is 0.240 e. The Morgan fingerprint density at radius 3 is 2.19 bits per heavy atom. The highest BCUT2D eigenvalue weighted by Crippen LogP contribution is 2.11. The van der Waals surface area contributed by atoms with Gasteiger partial charge in [0.05, 0.1) is 4.90 Å². The van der Waals surface area contributed by atoms with Gasteiger partial charge in [-0.05, 0) is 54.8 Å². The van der Waals surface area contributed by atoms with E-state index in [0.717, 1.165) is 17.5 Å². The zero-order chi connectivity index (χ0) is 15.1. The first-order valence-corrected chi connectivity index (χ1v) is 8.28. The number of aromatic nitrogens is 1. The van der Waals surface area contributed by atoms with Crippen LogP contribution in [0.2, 0.25) is 0 Å². The maximum absolute atomic E-state index is 12.1. The van der Waals surface area contributed by atoms with Gasteiger partial charge in [-0.2, -0.15) is 0 Å². The van der Waals surface area contributed by atoms with Gasteiger partial charge in [-0.1, -0.05) is 12.1 Å². The van der Waals surface area contributed by atoms with E-state index in [1.165, 1.54) is 0 Å². The summed E-state index contributed by atoms with van der Waals surface area (Å²) < 4.78 is 26.9. The lowest BCUT2D eigenvalue weighted by Gasteiger charge is -2.07. The van der Waals surface area contributed by atoms with Crippen molar-refractivity contribution in [2.45, 2.75) is 17.7 Å². The molecule has 21 heavy (non-hydrogen) atoms. The van der Waals surface area contributed by atoms with Crippen LogP contribution in [0.25, 0.3) is 0 Å². The molecule has 112 valence electrons. The van der Waals surface area contributed by atoms with E-state index in [4.69, 9.17) is 5.73 Å². The van der Waals surface area contributed by atoms with Crippen LogP contribution in [0, 0.1) is 0 Å². The van der Waals surface area contributed by atoms with E-state index in [1.807, 2.05) is 12.1 Å². The van der Waals surface area contributed by atoms with E-state index in [1.54, 1.807) is 36.7 Å². The van der Waals surface area contributed by atoms with Crippen LogP contribution >= 0.6 is 0 Å². The van der Waals surface area contributed by atoms with Crippen molar-refractivity contribution in [1.82, 2.24) is 9.71 Å². The van der Waals surface area contributed by atoms with Gasteiger partial charge in [0, 0.05) is 18.9 Å². The van der Waals surface area contributed by atoms with Crippen molar-refractivity contribution in [1.29, 1.82) is 0 Å². The molecule has 0 amide bonds. The van der Waals surface area contributed by atoms with Crippen LogP contribution in [0.3, 0.4) is 0 Å². The van der Waals surface area contributed by atoms with E-state index in [2.05, 4.69) is 9.71 Å². The Kier molecular flexibility index (Phi) is 5.44. The molecule has 1 heterocycles. The molecular formula is C15H19N3O2S. The Balaban J connectivity index is 1.95. The summed E-state index contributed by atoms with van der Waals surface area (Å²) in [5.41, 5.74) is 7.55. The highest BCUT2D eigenvalue weighted by molar-refractivity contribution is 7.89. The fourth-order valence-electron chi connectivity index (χ4n) is 1.96. The molecule has 0 saturated heterocycles. The lowest BCUT2D eigenvalue weighted by atomic mass is 10.2. The average Bonchev–Trinajstić information content (AvgIpc) is 2.49. The topological polar surface area (TPSA) is 85.1 Å². The summed E-state index contributed by atoms with van der Waals surface area (Å²) >= 11 is 0. The zero-order valence-electron chi connectivity index (χ0n) is 11.7. The summed E-state index contributed by atoms with van der Waals surface area (Å²) in [5, 5.41) is 0. The fraction of sp³-hybridized carbons (Fsp3) is 0.267. The molecule has 0 aliphatic rings. The molecule has 3 N–H and O–H groups in total. The molecule has 6 heteroatoms. The predicted molar refractivity (Wildman–Crippen MR) is 82.3 cm³/mol. The second kappa shape index (κ2) is 7.31. The quantitative estimate of drug-likeness (QED) is 0.802. The van der Waals surface area contributed by atoms with Crippen molar-refractivity contribution in [3.63, 3.8) is 0 Å². The maximum atomic E-state index is 12.1. The second-order valence-corrected chi connectivity index (χ2v) is 6.45. The number of hydrogen-bond donors (Lipinski definition) is 2. The summed E-state index contributed by atoms with van der Waals surface area (Å²) in [5.74, 6) is 0. The van der Waals surface area contributed by atoms with Gasteiger partial charge in [-0.25, -0.2) is 13.1 Å². The molecule has 1 aromatic carbocycles. The summed E-state index contributed by atoms with van der Waals surface area (Å²) in [6.07, 6.45) is 4.77. The first-order valence-electron chi connectivity index (χ1n) is 6.79. The van der Waals surface area contributed by atoms with Gasteiger partial charge in [-0.3, -0.25) is 4.98 Å². The van der Waals surface area contributed by atoms with Crippen LogP contribution in [0.15, 0.2) is 53.7 Å². The third-order valence-electron chi connectivity index (χ3n) is 3.12. The van der Waals surface area contributed by atoms with Gasteiger partial charge in [-0.15, -0.1) is 0 Å². The molecule has 0 aliphatic heterocycles. The third-order valence-corrected chi connectivity index (χ3v) is 4.60. The van der Waals surface area contributed by atoms with Crippen LogP contribution in [-0.2, 0) is 22.9 Å². The standard InChI is InChI=1S/C15H19N3O2S/c16-9-5-13-1-3-15(4-2-13)21(19,20)18-12-8-14-6-10-17-11-7-14/h1-4,6-7,10-11,18H,5,8-9,12,16H2. The normalized spacial score (nSPS) is 11.5. The number of nitrogens with one attached hydrogen (secondary N) is 1. The van der Waals surface area contributed by atoms with Crippen molar-refractivity contribution >= 4 is 10.0 Å². The molecule has 0 aliphatic carbocycles. The van der Waals surface area contributed by atoms with E-state index in [9.17, 15) is 8.42 Å². The van der Waals surface area contributed by atoms with Crippen LogP contribution in [0.4, 0.5) is 0 Å². The SMILES string of the molecule is NCCc1ccc(S(=O)(=O)NCCc2ccncc2)cc1. The molecule has 0 atom stereocenters. The molecular weight excluding hydrogens is 286 g/mol. The average molecular weight is 305 g/mol. The molecule has 0 unspecified atom stereocenters. The number of nitrogens with two attached hydrogens (primary N) is 1. The molecule has 0 radical (unpaired) electrons. The van der Waals surface area contributed by atoms with Gasteiger partial charge < -0.3 is 5.73 Å². The summed E-state index contributed by atoms with van der Waals surface area (Å²) in [6.45, 7) is 0.910. The van der Waals surface area contributed by atoms with E-state index in [-0.39, 0.29) is 4.90 Å². The second-order valence-electron chi connectivity index (χ2n) is 4.69. The van der Waals surface area contributed by atoms with Gasteiger partial charge in [0.15, 0.2) is 0 Å². The number of hydrogen-bond acceptors (Lipinski definition) is 4. The first-order chi connectivity index (χ1) is 10.1. The van der Waals surface area contributed by atoms with Crippen molar-refractivity contribution < 1.29 is 8.42 Å². The van der Waals surface area contributed by atoms with Crippen molar-refractivity contribution in [2.75, 3.05) is 13.1 Å². The van der Waals surface area contributed by atoms with Gasteiger partial charge in [0.2, 0.25) is 10.0 Å². The Morgan fingerprint density at radius 1 is 0.952 bits per heavy atom. The molecule has 2 rings (SSSR count). The summed E-state index contributed by atoms with van der Waals surface area (Å²) in [4.78, 5) is 4.20. The third kappa shape index (κ3) is 4.63. The minimum atomic E-state index is -3.46. The Bertz CT molecular complexity index is 655. The van der Waals surface area contributed by atoms with Crippen LogP contribution in [0.5, 0.6) is 0 Å². The van der Waals surface area contributed by atoms with E-state index < -0.39 is 10.0 Å². The van der Waals surface area contributed by atoms with Gasteiger partial charge in [0.25, 0.3) is 0 Å². The molecule has 0 bridgehead atoms. The molecule has 0 fully saturated rings. The largest absolute Gasteiger partial charge is 0.330 e. The number of rotatable bonds is 7. The highest BCUT2D eigenvalue weighted by atomic mass is 32.2. The smallest absolute Gasteiger partial charge is 0.240 e. The number of benzene rings is 1. The molecule has 0 spiro atoms.